The zero-order chi connectivity index (χ0) is 19.9. The van der Waals surface area contributed by atoms with Crippen LogP contribution in [-0.4, -0.2) is 69.9 Å². The zero-order valence-corrected chi connectivity index (χ0v) is 20.4. The lowest BCUT2D eigenvalue weighted by Crippen LogP contribution is -2.28. The van der Waals surface area contributed by atoms with Crippen molar-refractivity contribution in [2.75, 3.05) is 39.6 Å². The molecule has 0 N–H and O–H groups in total. The fourth-order valence-electron chi connectivity index (χ4n) is 1.57. The quantitative estimate of drug-likeness (QED) is 0.311. The van der Waals surface area contributed by atoms with E-state index in [4.69, 9.17) is 22.7 Å². The van der Waals surface area contributed by atoms with Gasteiger partial charge in [0.15, 0.2) is 0 Å². The van der Waals surface area contributed by atoms with Crippen LogP contribution in [-0.2, 0) is 22.7 Å². The van der Waals surface area contributed by atoms with Crippen LogP contribution in [0, 0.1) is 0 Å². The van der Waals surface area contributed by atoms with E-state index in [1.165, 1.54) is 0 Å². The van der Waals surface area contributed by atoms with Gasteiger partial charge in [-0.2, -0.15) is 0 Å². The van der Waals surface area contributed by atoms with Crippen LogP contribution >= 0.6 is 0 Å². The first-order chi connectivity index (χ1) is 12.7. The van der Waals surface area contributed by atoms with Crippen LogP contribution in [0.1, 0.15) is 80.1 Å². The van der Waals surface area contributed by atoms with Gasteiger partial charge in [0.05, 0.1) is 0 Å². The van der Waals surface area contributed by atoms with E-state index in [0.717, 1.165) is 78.2 Å². The lowest BCUT2D eigenvalue weighted by molar-refractivity contribution is 0.0928. The molecule has 0 heterocycles. The van der Waals surface area contributed by atoms with Crippen molar-refractivity contribution in [2.45, 2.75) is 80.1 Å². The molecule has 0 aliphatic heterocycles. The van der Waals surface area contributed by atoms with Gasteiger partial charge in [0.2, 0.25) is 0 Å². The van der Waals surface area contributed by atoms with Crippen LogP contribution in [0.4, 0.5) is 0 Å². The molecule has 0 saturated carbocycles. The van der Waals surface area contributed by atoms with Crippen LogP contribution in [0.25, 0.3) is 0 Å². The molecule has 0 saturated heterocycles. The Morgan fingerprint density at radius 1 is 0.346 bits per heavy atom. The molecular formula is C18H42Al2O6. The van der Waals surface area contributed by atoms with Gasteiger partial charge in [0.1, 0.15) is 0 Å². The molecule has 0 atom stereocenters. The average Bonchev–Trinajstić information content (AvgIpc) is 2.67. The largest absolute Gasteiger partial charge is 0.905 e. The van der Waals surface area contributed by atoms with Crippen molar-refractivity contribution in [2.24, 2.45) is 0 Å². The van der Waals surface area contributed by atoms with Gasteiger partial charge in [-0.1, -0.05) is 41.5 Å². The van der Waals surface area contributed by atoms with Gasteiger partial charge < -0.3 is 22.7 Å². The highest BCUT2D eigenvalue weighted by Crippen LogP contribution is 1.97. The van der Waals surface area contributed by atoms with Gasteiger partial charge in [0, 0.05) is 39.6 Å². The molecule has 26 heavy (non-hydrogen) atoms. The third-order valence-electron chi connectivity index (χ3n) is 2.75. The predicted molar refractivity (Wildman–Crippen MR) is 109 cm³/mol. The molecule has 6 nitrogen and oxygen atoms in total. The molecule has 0 aromatic heterocycles. The summed E-state index contributed by atoms with van der Waals surface area (Å²) < 4.78 is 32.9. The third kappa shape index (κ3) is 22.9. The Morgan fingerprint density at radius 3 is 0.615 bits per heavy atom. The summed E-state index contributed by atoms with van der Waals surface area (Å²) in [5, 5.41) is 0. The molecule has 0 aliphatic carbocycles. The minimum atomic E-state index is -1.79. The first-order valence-corrected chi connectivity index (χ1v) is 13.2. The van der Waals surface area contributed by atoms with E-state index < -0.39 is 30.3 Å². The van der Waals surface area contributed by atoms with Crippen molar-refractivity contribution in [3.05, 3.63) is 0 Å². The summed E-state index contributed by atoms with van der Waals surface area (Å²) >= 11 is -3.57. The molecule has 0 radical (unpaired) electrons. The smallest absolute Gasteiger partial charge is 0.454 e. The van der Waals surface area contributed by atoms with Crippen LogP contribution < -0.4 is 0 Å². The molecular weight excluding hydrogens is 366 g/mol. The Morgan fingerprint density at radius 2 is 0.500 bits per heavy atom. The highest BCUT2D eigenvalue weighted by molar-refractivity contribution is 6.36. The molecule has 0 spiro atoms. The van der Waals surface area contributed by atoms with Crippen LogP contribution in [0.2, 0.25) is 0 Å². The van der Waals surface area contributed by atoms with Gasteiger partial charge >= 0.3 is 30.3 Å². The molecule has 0 bridgehead atoms. The maximum atomic E-state index is 5.49. The van der Waals surface area contributed by atoms with E-state index >= 15 is 0 Å². The maximum absolute atomic E-state index is 5.49. The minimum absolute atomic E-state index is 0.754. The van der Waals surface area contributed by atoms with E-state index in [2.05, 4.69) is 41.5 Å². The summed E-state index contributed by atoms with van der Waals surface area (Å²) in [5.74, 6) is 0. The summed E-state index contributed by atoms with van der Waals surface area (Å²) in [6.45, 7) is 17.1. The summed E-state index contributed by atoms with van der Waals surface area (Å²) in [5.41, 5.74) is 0. The molecule has 0 aromatic rings. The molecule has 0 amide bonds. The molecule has 0 fully saturated rings. The average molecular weight is 408 g/mol. The number of hydrogen-bond donors (Lipinski definition) is 0. The van der Waals surface area contributed by atoms with E-state index in [1.54, 1.807) is 0 Å². The van der Waals surface area contributed by atoms with E-state index in [0.29, 0.717) is 0 Å². The zero-order valence-electron chi connectivity index (χ0n) is 18.1. The van der Waals surface area contributed by atoms with Crippen molar-refractivity contribution in [3.8, 4) is 0 Å². The van der Waals surface area contributed by atoms with Crippen LogP contribution in [0.3, 0.4) is 0 Å². The molecule has 0 aliphatic rings. The first-order valence-electron chi connectivity index (χ1n) is 10.4. The predicted octanol–water partition coefficient (Wildman–Crippen LogP) is 4.50. The second-order valence-electron chi connectivity index (χ2n) is 5.80. The molecule has 0 rings (SSSR count). The third-order valence-corrected chi connectivity index (χ3v) is 5.80. The van der Waals surface area contributed by atoms with Crippen LogP contribution in [0.5, 0.6) is 0 Å². The van der Waals surface area contributed by atoms with E-state index in [1.807, 2.05) is 0 Å². The van der Waals surface area contributed by atoms with Gasteiger partial charge in [-0.05, 0) is 38.5 Å². The van der Waals surface area contributed by atoms with Crippen molar-refractivity contribution in [3.63, 3.8) is 0 Å². The van der Waals surface area contributed by atoms with E-state index in [-0.39, 0.29) is 0 Å². The van der Waals surface area contributed by atoms with Gasteiger partial charge in [-0.15, -0.1) is 0 Å². The molecule has 8 heteroatoms. The van der Waals surface area contributed by atoms with Gasteiger partial charge in [0.25, 0.3) is 0 Å². The summed E-state index contributed by atoms with van der Waals surface area (Å²) in [7, 11) is 0. The first kappa shape index (κ1) is 29.0. The molecule has 0 unspecified atom stereocenters. The number of hydrogen-bond acceptors (Lipinski definition) is 6. The van der Waals surface area contributed by atoms with E-state index in [9.17, 15) is 0 Å². The van der Waals surface area contributed by atoms with Crippen LogP contribution in [0.15, 0.2) is 0 Å². The Bertz CT molecular complexity index is 188. The Labute approximate surface area is 172 Å². The monoisotopic (exact) mass is 408 g/mol. The second kappa shape index (κ2) is 25.8. The lowest BCUT2D eigenvalue weighted by Gasteiger charge is -2.11. The van der Waals surface area contributed by atoms with Gasteiger partial charge in [-0.25, -0.2) is 0 Å². The normalized spacial score (nSPS) is 10.4. The number of rotatable bonds is 18. The lowest BCUT2D eigenvalue weighted by atomic mass is 10.5. The fourth-order valence-corrected chi connectivity index (χ4v) is 4.72. The maximum Gasteiger partial charge on any atom is 0.905 e. The Hall–Kier alpha value is 0.825. The topological polar surface area (TPSA) is 55.4 Å². The SMILES string of the molecule is CCC[O][Al]([O]CCC)[O]CCC.CCC[O][Al]([O]CCC)[O]CCC. The Kier molecular flexibility index (Phi) is 28.8. The molecule has 0 aromatic carbocycles. The van der Waals surface area contributed by atoms with Crippen molar-refractivity contribution < 1.29 is 22.7 Å². The summed E-state index contributed by atoms with van der Waals surface area (Å²) in [6.07, 6.45) is 6.13. The fraction of sp³-hybridized carbons (Fsp3) is 1.00. The van der Waals surface area contributed by atoms with Crippen molar-refractivity contribution >= 4 is 30.3 Å². The highest BCUT2D eigenvalue weighted by Gasteiger charge is 2.30. The standard InChI is InChI=1S/6C3H7O.2Al/c6*1-2-3-4;;/h6*2-3H2,1H3;;/q6*-1;2*+3. The van der Waals surface area contributed by atoms with Gasteiger partial charge in [-0.3, -0.25) is 0 Å². The van der Waals surface area contributed by atoms with Crippen molar-refractivity contribution in [1.82, 2.24) is 0 Å². The molecule has 156 valence electrons. The summed E-state index contributed by atoms with van der Waals surface area (Å²) in [4.78, 5) is 0. The minimum Gasteiger partial charge on any atom is -0.454 e. The highest BCUT2D eigenvalue weighted by atomic mass is 27.3. The Balaban J connectivity index is 0. The second-order valence-corrected chi connectivity index (χ2v) is 8.96. The van der Waals surface area contributed by atoms with Crippen molar-refractivity contribution in [1.29, 1.82) is 0 Å². The summed E-state index contributed by atoms with van der Waals surface area (Å²) in [6, 6.07) is 0.